The van der Waals surface area contributed by atoms with Crippen molar-refractivity contribution in [1.82, 2.24) is 0 Å². The molecule has 0 saturated heterocycles. The fraction of sp³-hybridized carbons (Fsp3) is 0. The van der Waals surface area contributed by atoms with Gasteiger partial charge in [-0.25, -0.2) is 4.79 Å². The summed E-state index contributed by atoms with van der Waals surface area (Å²) in [6.45, 7) is 0. The molecule has 0 amide bonds. The van der Waals surface area contributed by atoms with Crippen LogP contribution in [-0.2, 0) is 9.59 Å². The molecule has 0 aliphatic heterocycles. The minimum atomic E-state index is -1.83. The third-order valence-corrected chi connectivity index (χ3v) is 0. The van der Waals surface area contributed by atoms with Crippen molar-refractivity contribution in [1.29, 1.82) is 0 Å². The molecule has 0 saturated carbocycles. The first-order chi connectivity index (χ1) is 3.15. The molecule has 0 atom stereocenters. The van der Waals surface area contributed by atoms with Crippen LogP contribution in [0.5, 0.6) is 0 Å². The Kier molecular flexibility index (Phi) is 11.6. The average Bonchev–Trinajstić information content (AvgIpc) is 1.33. The number of carbonyl (C=O) groups excluding carboxylic acids is 2. The molecule has 2 N–H and O–H groups in total. The van der Waals surface area contributed by atoms with Gasteiger partial charge in [0, 0.05) is 0 Å². The molecule has 0 aromatic heterocycles. The maximum Gasteiger partial charge on any atom is 0.503 e. The third-order valence-electron chi connectivity index (χ3n) is 0. The maximum absolute atomic E-state index is 8.56. The molecular weight excluding hydrogens is 104 g/mol. The van der Waals surface area contributed by atoms with Crippen LogP contribution in [0.25, 0.3) is 0 Å². The standard InChI is InChI=1S/CH2O3.CO2/c2-1(3)4;2-1-3/h(H2,2,3,4);. The molecular formula is C2H2O5. The van der Waals surface area contributed by atoms with E-state index >= 15 is 0 Å². The largest absolute Gasteiger partial charge is 0.503 e. The summed E-state index contributed by atoms with van der Waals surface area (Å²) in [5.41, 5.74) is 0. The van der Waals surface area contributed by atoms with Crippen molar-refractivity contribution in [2.24, 2.45) is 0 Å². The Morgan fingerprint density at radius 2 is 1.29 bits per heavy atom. The van der Waals surface area contributed by atoms with Crippen LogP contribution >= 0.6 is 0 Å². The Hall–Kier alpha value is -1.35. The predicted molar refractivity (Wildman–Crippen MR) is 15.7 cm³/mol. The Morgan fingerprint density at radius 3 is 1.29 bits per heavy atom. The van der Waals surface area contributed by atoms with Gasteiger partial charge in [0.1, 0.15) is 0 Å². The number of hydrogen-bond acceptors (Lipinski definition) is 3. The van der Waals surface area contributed by atoms with Crippen LogP contribution in [0.2, 0.25) is 0 Å². The summed E-state index contributed by atoms with van der Waals surface area (Å²) < 4.78 is 0. The van der Waals surface area contributed by atoms with Crippen molar-refractivity contribution >= 4 is 12.3 Å². The summed E-state index contributed by atoms with van der Waals surface area (Å²) in [5.74, 6) is 0. The second-order valence-corrected chi connectivity index (χ2v) is 0.366. The van der Waals surface area contributed by atoms with Crippen LogP contribution in [0.15, 0.2) is 0 Å². The summed E-state index contributed by atoms with van der Waals surface area (Å²) in [5, 5.41) is 13.9. The van der Waals surface area contributed by atoms with E-state index < -0.39 is 6.16 Å². The zero-order valence-electron chi connectivity index (χ0n) is 3.12. The first kappa shape index (κ1) is 9.17. The van der Waals surface area contributed by atoms with E-state index in [4.69, 9.17) is 24.6 Å². The van der Waals surface area contributed by atoms with Gasteiger partial charge in [0.05, 0.1) is 0 Å². The topological polar surface area (TPSA) is 91.7 Å². The number of carbonyl (C=O) groups is 1. The maximum atomic E-state index is 8.56. The highest BCUT2D eigenvalue weighted by atomic mass is 16.6. The van der Waals surface area contributed by atoms with E-state index in [1.807, 2.05) is 0 Å². The molecule has 5 nitrogen and oxygen atoms in total. The first-order valence-electron chi connectivity index (χ1n) is 1.06. The lowest BCUT2D eigenvalue weighted by atomic mass is 11.5. The van der Waals surface area contributed by atoms with E-state index in [-0.39, 0.29) is 6.15 Å². The van der Waals surface area contributed by atoms with Gasteiger partial charge in [-0.15, -0.1) is 0 Å². The van der Waals surface area contributed by atoms with Gasteiger partial charge < -0.3 is 10.2 Å². The van der Waals surface area contributed by atoms with E-state index in [0.717, 1.165) is 0 Å². The predicted octanol–water partition coefficient (Wildman–Crippen LogP) is -0.361. The number of rotatable bonds is 0. The van der Waals surface area contributed by atoms with Crippen LogP contribution in [0.3, 0.4) is 0 Å². The Morgan fingerprint density at radius 1 is 1.29 bits per heavy atom. The fourth-order valence-corrected chi connectivity index (χ4v) is 0. The second-order valence-electron chi connectivity index (χ2n) is 0.366. The van der Waals surface area contributed by atoms with Crippen molar-refractivity contribution in [2.75, 3.05) is 0 Å². The molecule has 0 aliphatic carbocycles. The molecule has 7 heavy (non-hydrogen) atoms. The number of hydrogen-bond donors (Lipinski definition) is 2. The van der Waals surface area contributed by atoms with Gasteiger partial charge in [0.2, 0.25) is 0 Å². The zero-order chi connectivity index (χ0) is 6.28. The van der Waals surface area contributed by atoms with E-state index in [2.05, 4.69) is 0 Å². The highest BCUT2D eigenvalue weighted by molar-refractivity contribution is 5.53. The quantitative estimate of drug-likeness (QED) is 0.439. The van der Waals surface area contributed by atoms with Crippen LogP contribution < -0.4 is 0 Å². The normalized spacial score (nSPS) is 4.57. The van der Waals surface area contributed by atoms with Gasteiger partial charge in [-0.1, -0.05) is 0 Å². The fourth-order valence-electron chi connectivity index (χ4n) is 0. The molecule has 0 bridgehead atoms. The van der Waals surface area contributed by atoms with Gasteiger partial charge >= 0.3 is 12.3 Å². The SMILES string of the molecule is O=C(O)O.O=C=O. The summed E-state index contributed by atoms with van der Waals surface area (Å²) in [4.78, 5) is 24.8. The first-order valence-corrected chi connectivity index (χ1v) is 1.06. The van der Waals surface area contributed by atoms with Crippen LogP contribution in [-0.4, -0.2) is 22.5 Å². The van der Waals surface area contributed by atoms with Crippen molar-refractivity contribution in [3.05, 3.63) is 0 Å². The zero-order valence-corrected chi connectivity index (χ0v) is 3.12. The number of carboxylic acid groups (broad SMARTS) is 2. The van der Waals surface area contributed by atoms with E-state index in [0.29, 0.717) is 0 Å². The molecule has 0 unspecified atom stereocenters. The third kappa shape index (κ3) is 17.9. The smallest absolute Gasteiger partial charge is 0.450 e. The molecule has 0 rings (SSSR count). The summed E-state index contributed by atoms with van der Waals surface area (Å²) in [6.07, 6.45) is -1.58. The van der Waals surface area contributed by atoms with Gasteiger partial charge in [0.25, 0.3) is 0 Å². The highest BCUT2D eigenvalue weighted by Crippen LogP contribution is 1.42. The van der Waals surface area contributed by atoms with Crippen LogP contribution in [0, 0.1) is 0 Å². The Balaban J connectivity index is 0. The van der Waals surface area contributed by atoms with E-state index in [1.54, 1.807) is 0 Å². The molecule has 0 heterocycles. The van der Waals surface area contributed by atoms with Crippen molar-refractivity contribution < 1.29 is 24.6 Å². The molecule has 0 aromatic rings. The molecule has 0 aromatic carbocycles. The summed E-state index contributed by atoms with van der Waals surface area (Å²) in [7, 11) is 0. The van der Waals surface area contributed by atoms with E-state index in [1.165, 1.54) is 0 Å². The Labute approximate surface area is 38.2 Å². The van der Waals surface area contributed by atoms with Crippen LogP contribution in [0.1, 0.15) is 0 Å². The Bertz CT molecular complexity index is 74.1. The van der Waals surface area contributed by atoms with Crippen molar-refractivity contribution in [3.63, 3.8) is 0 Å². The van der Waals surface area contributed by atoms with Gasteiger partial charge in [0.15, 0.2) is 0 Å². The molecule has 40 valence electrons. The van der Waals surface area contributed by atoms with Gasteiger partial charge in [-0.3, -0.25) is 0 Å². The molecule has 0 aliphatic rings. The lowest BCUT2D eigenvalue weighted by Gasteiger charge is -1.60. The summed E-state index contributed by atoms with van der Waals surface area (Å²) in [6, 6.07) is 0. The van der Waals surface area contributed by atoms with Crippen molar-refractivity contribution in [3.8, 4) is 0 Å². The molecule has 0 radical (unpaired) electrons. The van der Waals surface area contributed by atoms with E-state index in [9.17, 15) is 0 Å². The van der Waals surface area contributed by atoms with Gasteiger partial charge in [-0.05, 0) is 0 Å². The minimum Gasteiger partial charge on any atom is -0.450 e. The monoisotopic (exact) mass is 106 g/mol. The van der Waals surface area contributed by atoms with Crippen molar-refractivity contribution in [2.45, 2.75) is 0 Å². The lowest BCUT2D eigenvalue weighted by Crippen LogP contribution is -1.81. The molecule has 0 fully saturated rings. The van der Waals surface area contributed by atoms with Crippen LogP contribution in [0.4, 0.5) is 4.79 Å². The second kappa shape index (κ2) is 8.82. The highest BCUT2D eigenvalue weighted by Gasteiger charge is 1.70. The van der Waals surface area contributed by atoms with Gasteiger partial charge in [-0.2, -0.15) is 9.59 Å². The molecule has 0 spiro atoms. The average molecular weight is 106 g/mol. The summed E-state index contributed by atoms with van der Waals surface area (Å²) >= 11 is 0. The molecule has 5 heteroatoms. The minimum absolute atomic E-state index is 0.250. The lowest BCUT2D eigenvalue weighted by molar-refractivity contribution is -0.191.